The van der Waals surface area contributed by atoms with Crippen LogP contribution in [-0.2, 0) is 9.53 Å². The Balaban J connectivity index is 2.04. The highest BCUT2D eigenvalue weighted by Gasteiger charge is 2.25. The summed E-state index contributed by atoms with van der Waals surface area (Å²) in [6.07, 6.45) is 4.43. The van der Waals surface area contributed by atoms with Crippen molar-refractivity contribution in [2.45, 2.75) is 26.8 Å². The molecular formula is C16H21N5O3. The quantitative estimate of drug-likeness (QED) is 0.843. The van der Waals surface area contributed by atoms with E-state index in [1.54, 1.807) is 48.4 Å². The van der Waals surface area contributed by atoms with E-state index in [9.17, 15) is 9.59 Å². The maximum absolute atomic E-state index is 12.4. The lowest BCUT2D eigenvalue weighted by molar-refractivity contribution is -0.119. The standard InChI is InChI=1S/C16H21N5O3/c1-4-24-16(23)19-14(11(2)3)15(22)18-13-7-10-21(20-13)12-5-8-17-9-6-12/h5-11,14H,4H2,1-3H3,(H,19,23)(H,18,20,22)/t14-/m1/s1. The number of nitrogens with one attached hydrogen (secondary N) is 2. The number of aromatic nitrogens is 3. The fraction of sp³-hybridized carbons (Fsp3) is 0.375. The van der Waals surface area contributed by atoms with Crippen LogP contribution in [0.25, 0.3) is 5.69 Å². The second-order valence-electron chi connectivity index (χ2n) is 5.43. The molecule has 2 rings (SSSR count). The van der Waals surface area contributed by atoms with E-state index in [-0.39, 0.29) is 18.4 Å². The van der Waals surface area contributed by atoms with Crippen molar-refractivity contribution in [2.24, 2.45) is 5.92 Å². The zero-order chi connectivity index (χ0) is 17.5. The van der Waals surface area contributed by atoms with Crippen LogP contribution in [0.1, 0.15) is 20.8 Å². The first kappa shape index (κ1) is 17.5. The summed E-state index contributed by atoms with van der Waals surface area (Å²) in [7, 11) is 0. The van der Waals surface area contributed by atoms with Crippen LogP contribution in [0.2, 0.25) is 0 Å². The zero-order valence-corrected chi connectivity index (χ0v) is 13.9. The maximum Gasteiger partial charge on any atom is 0.407 e. The monoisotopic (exact) mass is 331 g/mol. The topological polar surface area (TPSA) is 98.1 Å². The summed E-state index contributed by atoms with van der Waals surface area (Å²) in [6.45, 7) is 5.63. The summed E-state index contributed by atoms with van der Waals surface area (Å²) in [6, 6.07) is 4.57. The SMILES string of the molecule is CCOC(=O)N[C@@H](C(=O)Nc1ccn(-c2ccncc2)n1)C(C)C. The number of ether oxygens (including phenoxy) is 1. The number of hydrogen-bond acceptors (Lipinski definition) is 5. The number of alkyl carbamates (subject to hydrolysis) is 1. The number of carbonyl (C=O) groups is 2. The Hall–Kier alpha value is -2.90. The third-order valence-corrected chi connectivity index (χ3v) is 3.27. The fourth-order valence-corrected chi connectivity index (χ4v) is 2.07. The summed E-state index contributed by atoms with van der Waals surface area (Å²) in [5, 5.41) is 9.55. The Morgan fingerprint density at radius 1 is 1.25 bits per heavy atom. The largest absolute Gasteiger partial charge is 0.450 e. The van der Waals surface area contributed by atoms with Gasteiger partial charge in [0, 0.05) is 24.7 Å². The molecule has 2 aromatic rings. The molecule has 0 aliphatic rings. The molecular weight excluding hydrogens is 310 g/mol. The van der Waals surface area contributed by atoms with Crippen LogP contribution in [0.5, 0.6) is 0 Å². The second-order valence-corrected chi connectivity index (χ2v) is 5.43. The van der Waals surface area contributed by atoms with Crippen molar-refractivity contribution >= 4 is 17.8 Å². The number of amides is 2. The molecule has 1 atom stereocenters. The first-order valence-electron chi connectivity index (χ1n) is 7.71. The van der Waals surface area contributed by atoms with Crippen molar-refractivity contribution in [3.8, 4) is 5.69 Å². The van der Waals surface area contributed by atoms with Gasteiger partial charge in [-0.25, -0.2) is 9.48 Å². The average molecular weight is 331 g/mol. The molecule has 0 spiro atoms. The van der Waals surface area contributed by atoms with Gasteiger partial charge in [0.1, 0.15) is 6.04 Å². The molecule has 8 nitrogen and oxygen atoms in total. The number of rotatable bonds is 6. The highest BCUT2D eigenvalue weighted by molar-refractivity contribution is 5.96. The van der Waals surface area contributed by atoms with Gasteiger partial charge < -0.3 is 15.4 Å². The summed E-state index contributed by atoms with van der Waals surface area (Å²) in [4.78, 5) is 27.9. The number of carbonyl (C=O) groups excluding carboxylic acids is 2. The molecule has 0 saturated heterocycles. The van der Waals surface area contributed by atoms with Crippen LogP contribution >= 0.6 is 0 Å². The molecule has 0 saturated carbocycles. The highest BCUT2D eigenvalue weighted by Crippen LogP contribution is 2.11. The Morgan fingerprint density at radius 2 is 1.96 bits per heavy atom. The third kappa shape index (κ3) is 4.55. The molecule has 0 aliphatic heterocycles. The number of pyridine rings is 1. The highest BCUT2D eigenvalue weighted by atomic mass is 16.5. The number of nitrogens with zero attached hydrogens (tertiary/aromatic N) is 3. The normalized spacial score (nSPS) is 11.8. The smallest absolute Gasteiger partial charge is 0.407 e. The predicted octanol–water partition coefficient (Wildman–Crippen LogP) is 1.98. The molecule has 0 unspecified atom stereocenters. The molecule has 0 radical (unpaired) electrons. The molecule has 0 fully saturated rings. The molecule has 2 heterocycles. The lowest BCUT2D eigenvalue weighted by atomic mass is 10.0. The van der Waals surface area contributed by atoms with Crippen molar-refractivity contribution in [3.63, 3.8) is 0 Å². The molecule has 0 bridgehead atoms. The molecule has 128 valence electrons. The average Bonchev–Trinajstić information content (AvgIpc) is 3.02. The van der Waals surface area contributed by atoms with Crippen molar-refractivity contribution in [3.05, 3.63) is 36.8 Å². The van der Waals surface area contributed by atoms with Gasteiger partial charge in [0.15, 0.2) is 5.82 Å². The van der Waals surface area contributed by atoms with Crippen LogP contribution in [-0.4, -0.2) is 39.4 Å². The van der Waals surface area contributed by atoms with E-state index in [4.69, 9.17) is 4.74 Å². The van der Waals surface area contributed by atoms with Crippen molar-refractivity contribution in [1.82, 2.24) is 20.1 Å². The number of anilines is 1. The minimum Gasteiger partial charge on any atom is -0.450 e. The van der Waals surface area contributed by atoms with Gasteiger partial charge in [-0.15, -0.1) is 0 Å². The van der Waals surface area contributed by atoms with E-state index >= 15 is 0 Å². The maximum atomic E-state index is 12.4. The minimum atomic E-state index is -0.713. The number of hydrogen-bond donors (Lipinski definition) is 2. The second kappa shape index (κ2) is 8.09. The van der Waals surface area contributed by atoms with E-state index in [1.807, 2.05) is 13.8 Å². The lowest BCUT2D eigenvalue weighted by Crippen LogP contribution is -2.47. The van der Waals surface area contributed by atoms with Gasteiger partial charge in [0.25, 0.3) is 0 Å². The van der Waals surface area contributed by atoms with Gasteiger partial charge in [-0.1, -0.05) is 13.8 Å². The van der Waals surface area contributed by atoms with Crippen LogP contribution in [0.15, 0.2) is 36.8 Å². The van der Waals surface area contributed by atoms with Crippen LogP contribution in [0, 0.1) is 5.92 Å². The van der Waals surface area contributed by atoms with E-state index in [1.165, 1.54) is 0 Å². The minimum absolute atomic E-state index is 0.100. The summed E-state index contributed by atoms with van der Waals surface area (Å²) >= 11 is 0. The first-order valence-corrected chi connectivity index (χ1v) is 7.71. The Bertz CT molecular complexity index is 684. The molecule has 2 amide bonds. The van der Waals surface area contributed by atoms with Crippen molar-refractivity contribution < 1.29 is 14.3 Å². The van der Waals surface area contributed by atoms with Crippen molar-refractivity contribution in [2.75, 3.05) is 11.9 Å². The molecule has 8 heteroatoms. The molecule has 24 heavy (non-hydrogen) atoms. The first-order chi connectivity index (χ1) is 11.5. The van der Waals surface area contributed by atoms with Gasteiger partial charge >= 0.3 is 6.09 Å². The van der Waals surface area contributed by atoms with Crippen LogP contribution < -0.4 is 10.6 Å². The third-order valence-electron chi connectivity index (χ3n) is 3.27. The van der Waals surface area contributed by atoms with Gasteiger partial charge in [-0.3, -0.25) is 9.78 Å². The zero-order valence-electron chi connectivity index (χ0n) is 13.9. The summed E-state index contributed by atoms with van der Waals surface area (Å²) < 4.78 is 6.45. The van der Waals surface area contributed by atoms with Crippen LogP contribution in [0.3, 0.4) is 0 Å². The van der Waals surface area contributed by atoms with E-state index in [2.05, 4.69) is 20.7 Å². The van der Waals surface area contributed by atoms with E-state index < -0.39 is 12.1 Å². The van der Waals surface area contributed by atoms with E-state index in [0.29, 0.717) is 5.82 Å². The Morgan fingerprint density at radius 3 is 2.58 bits per heavy atom. The van der Waals surface area contributed by atoms with Gasteiger partial charge in [-0.2, -0.15) is 5.10 Å². The van der Waals surface area contributed by atoms with Crippen molar-refractivity contribution in [1.29, 1.82) is 0 Å². The lowest BCUT2D eigenvalue weighted by Gasteiger charge is -2.20. The molecule has 2 aromatic heterocycles. The summed E-state index contributed by atoms with van der Waals surface area (Å²) in [5.41, 5.74) is 0.829. The van der Waals surface area contributed by atoms with Gasteiger partial charge in [0.2, 0.25) is 5.91 Å². The molecule has 0 aromatic carbocycles. The molecule has 0 aliphatic carbocycles. The molecule has 2 N–H and O–H groups in total. The van der Waals surface area contributed by atoms with E-state index in [0.717, 1.165) is 5.69 Å². The van der Waals surface area contributed by atoms with Crippen LogP contribution in [0.4, 0.5) is 10.6 Å². The fourth-order valence-electron chi connectivity index (χ4n) is 2.07. The van der Waals surface area contributed by atoms with Gasteiger partial charge in [0.05, 0.1) is 12.3 Å². The Labute approximate surface area is 140 Å². The van der Waals surface area contributed by atoms with Gasteiger partial charge in [-0.05, 0) is 25.0 Å². The Kier molecular flexibility index (Phi) is 5.89. The summed E-state index contributed by atoms with van der Waals surface area (Å²) in [5.74, 6) is -0.0529. The predicted molar refractivity (Wildman–Crippen MR) is 88.8 cm³/mol.